The maximum absolute atomic E-state index is 11.8. The van der Waals surface area contributed by atoms with Crippen LogP contribution in [-0.2, 0) is 11.3 Å². The Bertz CT molecular complexity index is 649. The number of hydrogen-bond donors (Lipinski definition) is 2. The fourth-order valence-electron chi connectivity index (χ4n) is 3.33. The number of likely N-dealkylation sites (tertiary alicyclic amines) is 1. The van der Waals surface area contributed by atoms with Crippen molar-refractivity contribution in [3.8, 4) is 5.75 Å². The predicted molar refractivity (Wildman–Crippen MR) is 119 cm³/mol. The van der Waals surface area contributed by atoms with Crippen LogP contribution < -0.4 is 15.4 Å². The molecule has 1 atom stereocenters. The third kappa shape index (κ3) is 5.99. The first kappa shape index (κ1) is 21.8. The van der Waals surface area contributed by atoms with Crippen molar-refractivity contribution >= 4 is 35.8 Å². The Balaban J connectivity index is 0.00000261. The van der Waals surface area contributed by atoms with Gasteiger partial charge in [0.25, 0.3) is 0 Å². The van der Waals surface area contributed by atoms with Crippen molar-refractivity contribution in [3.05, 3.63) is 29.8 Å². The number of halogens is 1. The number of carbonyl (C=O) groups excluding carboxylic acids is 1. The van der Waals surface area contributed by atoms with E-state index in [1.165, 1.54) is 6.42 Å². The van der Waals surface area contributed by atoms with Gasteiger partial charge in [-0.15, -0.1) is 24.0 Å². The molecule has 1 saturated carbocycles. The Morgan fingerprint density at radius 1 is 1.30 bits per heavy atom. The zero-order valence-electron chi connectivity index (χ0n) is 16.2. The Morgan fingerprint density at radius 2 is 2.07 bits per heavy atom. The molecule has 2 fully saturated rings. The number of carbonyl (C=O) groups is 1. The summed E-state index contributed by atoms with van der Waals surface area (Å²) in [5.74, 6) is 1.94. The zero-order valence-corrected chi connectivity index (χ0v) is 18.6. The van der Waals surface area contributed by atoms with Gasteiger partial charge in [-0.3, -0.25) is 9.79 Å². The summed E-state index contributed by atoms with van der Waals surface area (Å²) in [6, 6.07) is 8.43. The molecule has 0 aromatic heterocycles. The Kier molecular flexibility index (Phi) is 8.66. The molecule has 1 saturated heterocycles. The number of para-hydroxylation sites is 1. The summed E-state index contributed by atoms with van der Waals surface area (Å²) in [7, 11) is 1.77. The lowest BCUT2D eigenvalue weighted by atomic mass is 9.96. The molecule has 1 aromatic carbocycles. The molecular weight excluding hydrogens is 455 g/mol. The Hall–Kier alpha value is -1.51. The largest absolute Gasteiger partial charge is 0.490 e. The molecule has 0 spiro atoms. The fourth-order valence-corrected chi connectivity index (χ4v) is 3.33. The second-order valence-electron chi connectivity index (χ2n) is 7.03. The quantitative estimate of drug-likeness (QED) is 0.369. The maximum Gasteiger partial charge on any atom is 0.222 e. The van der Waals surface area contributed by atoms with Gasteiger partial charge in [-0.05, 0) is 31.7 Å². The molecule has 1 aliphatic heterocycles. The van der Waals surface area contributed by atoms with Crippen LogP contribution in [0.5, 0.6) is 5.75 Å². The smallest absolute Gasteiger partial charge is 0.222 e. The van der Waals surface area contributed by atoms with Crippen molar-refractivity contribution in [2.24, 2.45) is 4.99 Å². The van der Waals surface area contributed by atoms with Crippen LogP contribution in [0.3, 0.4) is 0 Å². The highest BCUT2D eigenvalue weighted by molar-refractivity contribution is 14.0. The number of nitrogens with one attached hydrogen (secondary N) is 2. The third-order valence-electron chi connectivity index (χ3n) is 5.17. The number of hydrogen-bond acceptors (Lipinski definition) is 3. The standard InChI is InChI=1S/C20H30N4O2.HI/c1-3-19(25)24-12-11-16(14-24)23-20(21-2)22-13-15-7-4-5-10-18(15)26-17-8-6-9-17;/h4-5,7,10,16-17H,3,6,8-9,11-14H2,1-2H3,(H2,21,22,23);1H. The molecule has 27 heavy (non-hydrogen) atoms. The summed E-state index contributed by atoms with van der Waals surface area (Å²) in [5.41, 5.74) is 1.14. The monoisotopic (exact) mass is 486 g/mol. The summed E-state index contributed by atoms with van der Waals surface area (Å²) >= 11 is 0. The minimum Gasteiger partial charge on any atom is -0.490 e. The first-order valence-electron chi connectivity index (χ1n) is 9.69. The molecule has 7 heteroatoms. The van der Waals surface area contributed by atoms with Crippen molar-refractivity contribution in [2.45, 2.75) is 57.7 Å². The number of benzene rings is 1. The molecule has 2 N–H and O–H groups in total. The molecule has 150 valence electrons. The van der Waals surface area contributed by atoms with Crippen molar-refractivity contribution in [1.29, 1.82) is 0 Å². The van der Waals surface area contributed by atoms with Gasteiger partial charge in [-0.2, -0.15) is 0 Å². The van der Waals surface area contributed by atoms with Crippen molar-refractivity contribution in [2.75, 3.05) is 20.1 Å². The lowest BCUT2D eigenvalue weighted by molar-refractivity contribution is -0.129. The van der Waals surface area contributed by atoms with Crippen LogP contribution in [0.25, 0.3) is 0 Å². The van der Waals surface area contributed by atoms with Gasteiger partial charge in [-0.25, -0.2) is 0 Å². The summed E-state index contributed by atoms with van der Waals surface area (Å²) < 4.78 is 6.09. The van der Waals surface area contributed by atoms with Crippen LogP contribution >= 0.6 is 24.0 Å². The van der Waals surface area contributed by atoms with E-state index in [1.54, 1.807) is 7.05 Å². The number of aliphatic imine (C=N–C) groups is 1. The van der Waals surface area contributed by atoms with E-state index in [0.717, 1.165) is 49.6 Å². The number of nitrogens with zero attached hydrogens (tertiary/aromatic N) is 2. The van der Waals surface area contributed by atoms with E-state index < -0.39 is 0 Å². The number of ether oxygens (including phenoxy) is 1. The second-order valence-corrected chi connectivity index (χ2v) is 7.03. The normalized spacial score (nSPS) is 19.9. The van der Waals surface area contributed by atoms with Crippen LogP contribution in [0.1, 0.15) is 44.6 Å². The van der Waals surface area contributed by atoms with Gasteiger partial charge in [0.1, 0.15) is 5.75 Å². The lowest BCUT2D eigenvalue weighted by Crippen LogP contribution is -2.44. The van der Waals surface area contributed by atoms with Gasteiger partial charge < -0.3 is 20.3 Å². The molecule has 0 bridgehead atoms. The predicted octanol–water partition coefficient (Wildman–Crippen LogP) is 2.91. The second kappa shape index (κ2) is 10.7. The summed E-state index contributed by atoms with van der Waals surface area (Å²) in [6.07, 6.45) is 5.46. The molecule has 1 heterocycles. The van der Waals surface area contributed by atoms with E-state index >= 15 is 0 Å². The molecule has 0 radical (unpaired) electrons. The third-order valence-corrected chi connectivity index (χ3v) is 5.17. The highest BCUT2D eigenvalue weighted by Crippen LogP contribution is 2.27. The summed E-state index contributed by atoms with van der Waals surface area (Å²) in [5, 5.41) is 6.81. The van der Waals surface area contributed by atoms with Crippen LogP contribution in [0.2, 0.25) is 0 Å². The van der Waals surface area contributed by atoms with E-state index in [9.17, 15) is 4.79 Å². The van der Waals surface area contributed by atoms with E-state index in [0.29, 0.717) is 19.1 Å². The first-order valence-corrected chi connectivity index (χ1v) is 9.69. The highest BCUT2D eigenvalue weighted by atomic mass is 127. The number of amides is 1. The average molecular weight is 486 g/mol. The van der Waals surface area contributed by atoms with E-state index in [1.807, 2.05) is 30.0 Å². The van der Waals surface area contributed by atoms with Crippen LogP contribution in [-0.4, -0.2) is 49.0 Å². The van der Waals surface area contributed by atoms with Crippen molar-refractivity contribution < 1.29 is 9.53 Å². The van der Waals surface area contributed by atoms with Crippen LogP contribution in [0.15, 0.2) is 29.3 Å². The molecule has 1 amide bonds. The average Bonchev–Trinajstić information content (AvgIpc) is 3.10. The minimum atomic E-state index is 0. The molecule has 1 aromatic rings. The Labute approximate surface area is 179 Å². The fraction of sp³-hybridized carbons (Fsp3) is 0.600. The Morgan fingerprint density at radius 3 is 2.74 bits per heavy atom. The van der Waals surface area contributed by atoms with E-state index in [2.05, 4.69) is 21.7 Å². The molecular formula is C20H31IN4O2. The first-order chi connectivity index (χ1) is 12.7. The van der Waals surface area contributed by atoms with Gasteiger partial charge in [0, 0.05) is 44.7 Å². The lowest BCUT2D eigenvalue weighted by Gasteiger charge is -2.27. The summed E-state index contributed by atoms with van der Waals surface area (Å²) in [4.78, 5) is 18.1. The van der Waals surface area contributed by atoms with Gasteiger partial charge in [0.2, 0.25) is 5.91 Å². The van der Waals surface area contributed by atoms with Crippen molar-refractivity contribution in [3.63, 3.8) is 0 Å². The molecule has 1 aliphatic carbocycles. The molecule has 2 aliphatic rings. The minimum absolute atomic E-state index is 0. The van der Waals surface area contributed by atoms with E-state index in [4.69, 9.17) is 4.74 Å². The summed E-state index contributed by atoms with van der Waals surface area (Å²) in [6.45, 7) is 4.13. The highest BCUT2D eigenvalue weighted by Gasteiger charge is 2.26. The van der Waals surface area contributed by atoms with Gasteiger partial charge in [0.15, 0.2) is 5.96 Å². The molecule has 1 unspecified atom stereocenters. The van der Waals surface area contributed by atoms with Gasteiger partial charge >= 0.3 is 0 Å². The topological polar surface area (TPSA) is 66.0 Å². The molecule has 6 nitrogen and oxygen atoms in total. The SMILES string of the molecule is CCC(=O)N1CCC(NC(=NC)NCc2ccccc2OC2CCC2)C1.I. The number of rotatable bonds is 6. The number of guanidine groups is 1. The molecule has 3 rings (SSSR count). The van der Waals surface area contributed by atoms with Gasteiger partial charge in [-0.1, -0.05) is 25.1 Å². The van der Waals surface area contributed by atoms with Crippen LogP contribution in [0, 0.1) is 0 Å². The van der Waals surface area contributed by atoms with Crippen molar-refractivity contribution in [1.82, 2.24) is 15.5 Å². The maximum atomic E-state index is 11.8. The van der Waals surface area contributed by atoms with E-state index in [-0.39, 0.29) is 35.9 Å². The zero-order chi connectivity index (χ0) is 18.4. The van der Waals surface area contributed by atoms with Crippen LogP contribution in [0.4, 0.5) is 0 Å². The van der Waals surface area contributed by atoms with Gasteiger partial charge in [0.05, 0.1) is 6.10 Å².